The Morgan fingerprint density at radius 2 is 1.85 bits per heavy atom. The van der Waals surface area contributed by atoms with Gasteiger partial charge in [-0.15, -0.1) is 10.2 Å². The van der Waals surface area contributed by atoms with E-state index in [1.165, 1.54) is 23.9 Å². The second-order valence-electron chi connectivity index (χ2n) is 5.51. The highest BCUT2D eigenvalue weighted by Crippen LogP contribution is 2.36. The van der Waals surface area contributed by atoms with Crippen molar-refractivity contribution in [1.29, 1.82) is 0 Å². The number of benzene rings is 2. The highest BCUT2D eigenvalue weighted by molar-refractivity contribution is 7.99. The predicted molar refractivity (Wildman–Crippen MR) is 98.0 cm³/mol. The van der Waals surface area contributed by atoms with E-state index < -0.39 is 16.0 Å². The van der Waals surface area contributed by atoms with Crippen LogP contribution in [-0.2, 0) is 0 Å². The van der Waals surface area contributed by atoms with Gasteiger partial charge in [-0.2, -0.15) is 0 Å². The molecule has 3 aromatic rings. The van der Waals surface area contributed by atoms with Crippen molar-refractivity contribution in [3.63, 3.8) is 0 Å². The third-order valence-corrected chi connectivity index (χ3v) is 5.12. The normalized spacial score (nSPS) is 12.1. The second-order valence-corrected chi connectivity index (χ2v) is 7.12. The minimum atomic E-state index is -0.528. The maximum atomic E-state index is 13.2. The third-order valence-electron chi connectivity index (χ3n) is 3.68. The van der Waals surface area contributed by atoms with Crippen molar-refractivity contribution in [2.45, 2.75) is 17.3 Å². The molecule has 0 amide bonds. The standard InChI is InChI=1S/C17H14ClFN4O2S/c1-11-20-21-17(23(11)15-8-4-13(18)5-9-15)26-16(10-22(24)25)12-2-6-14(19)7-3-12/h2-9,16H,10H2,1H3/t16-/m1/s1. The summed E-state index contributed by atoms with van der Waals surface area (Å²) in [6.45, 7) is 1.48. The van der Waals surface area contributed by atoms with Gasteiger partial charge in [0.1, 0.15) is 16.9 Å². The molecule has 1 aromatic heterocycles. The van der Waals surface area contributed by atoms with Crippen molar-refractivity contribution >= 4 is 23.4 Å². The van der Waals surface area contributed by atoms with E-state index in [4.69, 9.17) is 11.6 Å². The lowest BCUT2D eigenvalue weighted by molar-refractivity contribution is -0.479. The van der Waals surface area contributed by atoms with E-state index in [-0.39, 0.29) is 6.54 Å². The Kier molecular flexibility index (Phi) is 5.53. The summed E-state index contributed by atoms with van der Waals surface area (Å²) in [4.78, 5) is 10.7. The topological polar surface area (TPSA) is 73.8 Å². The first-order valence-electron chi connectivity index (χ1n) is 7.66. The van der Waals surface area contributed by atoms with Gasteiger partial charge in [-0.05, 0) is 48.9 Å². The van der Waals surface area contributed by atoms with Crippen LogP contribution in [0.5, 0.6) is 0 Å². The zero-order chi connectivity index (χ0) is 18.7. The molecule has 1 heterocycles. The molecule has 0 N–H and O–H groups in total. The molecule has 3 rings (SSSR count). The number of aromatic nitrogens is 3. The van der Waals surface area contributed by atoms with Gasteiger partial charge in [0.25, 0.3) is 0 Å². The molecule has 0 spiro atoms. The second kappa shape index (κ2) is 7.84. The van der Waals surface area contributed by atoms with Crippen LogP contribution in [0, 0.1) is 22.9 Å². The third kappa shape index (κ3) is 4.20. The summed E-state index contributed by atoms with van der Waals surface area (Å²) in [6.07, 6.45) is 0. The van der Waals surface area contributed by atoms with Crippen molar-refractivity contribution in [2.75, 3.05) is 6.54 Å². The van der Waals surface area contributed by atoms with E-state index in [2.05, 4.69) is 10.2 Å². The molecule has 26 heavy (non-hydrogen) atoms. The molecule has 134 valence electrons. The molecule has 0 bridgehead atoms. The highest BCUT2D eigenvalue weighted by Gasteiger charge is 2.23. The average molecular weight is 393 g/mol. The first-order chi connectivity index (χ1) is 12.4. The van der Waals surface area contributed by atoms with E-state index in [1.807, 2.05) is 12.1 Å². The molecule has 6 nitrogen and oxygen atoms in total. The molecule has 0 saturated carbocycles. The number of hydrogen-bond acceptors (Lipinski definition) is 5. The fraction of sp³-hybridized carbons (Fsp3) is 0.176. The van der Waals surface area contributed by atoms with Crippen molar-refractivity contribution in [1.82, 2.24) is 14.8 Å². The van der Waals surface area contributed by atoms with Gasteiger partial charge in [-0.25, -0.2) is 4.39 Å². The summed E-state index contributed by atoms with van der Waals surface area (Å²) in [5.74, 6) is 0.257. The maximum Gasteiger partial charge on any atom is 0.220 e. The smallest absolute Gasteiger partial charge is 0.220 e. The molecule has 0 unspecified atom stereocenters. The molecular weight excluding hydrogens is 379 g/mol. The fourth-order valence-electron chi connectivity index (χ4n) is 2.46. The summed E-state index contributed by atoms with van der Waals surface area (Å²) in [7, 11) is 0. The molecule has 0 aliphatic heterocycles. The van der Waals surface area contributed by atoms with Gasteiger partial charge in [-0.1, -0.05) is 35.5 Å². The Balaban J connectivity index is 1.95. The van der Waals surface area contributed by atoms with Crippen molar-refractivity contribution in [2.24, 2.45) is 0 Å². The SMILES string of the molecule is Cc1nnc(S[C@H](C[N+](=O)[O-])c2ccc(F)cc2)n1-c1ccc(Cl)cc1. The molecule has 0 aliphatic rings. The van der Waals surface area contributed by atoms with Gasteiger partial charge in [-0.3, -0.25) is 14.7 Å². The molecule has 0 saturated heterocycles. The molecule has 0 aliphatic carbocycles. The van der Waals surface area contributed by atoms with Crippen LogP contribution in [0.15, 0.2) is 53.7 Å². The van der Waals surface area contributed by atoms with Crippen LogP contribution in [0.1, 0.15) is 16.6 Å². The Bertz CT molecular complexity index is 916. The lowest BCUT2D eigenvalue weighted by Crippen LogP contribution is -2.11. The van der Waals surface area contributed by atoms with Crippen molar-refractivity contribution in [3.8, 4) is 5.69 Å². The molecule has 0 radical (unpaired) electrons. The van der Waals surface area contributed by atoms with E-state index in [1.54, 1.807) is 35.8 Å². The Morgan fingerprint density at radius 1 is 1.19 bits per heavy atom. The van der Waals surface area contributed by atoms with Crippen LogP contribution in [0.4, 0.5) is 4.39 Å². The van der Waals surface area contributed by atoms with Crippen LogP contribution in [0.2, 0.25) is 5.02 Å². The minimum absolute atomic E-state index is 0.317. The zero-order valence-corrected chi connectivity index (χ0v) is 15.2. The summed E-state index contributed by atoms with van der Waals surface area (Å²) >= 11 is 7.15. The zero-order valence-electron chi connectivity index (χ0n) is 13.7. The van der Waals surface area contributed by atoms with Gasteiger partial charge in [0.15, 0.2) is 5.16 Å². The molecule has 0 fully saturated rings. The van der Waals surface area contributed by atoms with Crippen LogP contribution < -0.4 is 0 Å². The summed E-state index contributed by atoms with van der Waals surface area (Å²) < 4.78 is 15.0. The summed E-state index contributed by atoms with van der Waals surface area (Å²) in [6, 6.07) is 12.8. The van der Waals surface area contributed by atoms with Gasteiger partial charge in [0.05, 0.1) is 0 Å². The monoisotopic (exact) mass is 392 g/mol. The van der Waals surface area contributed by atoms with Crippen LogP contribution in [0.25, 0.3) is 5.69 Å². The van der Waals surface area contributed by atoms with Gasteiger partial charge in [0, 0.05) is 15.6 Å². The quantitative estimate of drug-likeness (QED) is 0.351. The lowest BCUT2D eigenvalue weighted by Gasteiger charge is -2.14. The van der Waals surface area contributed by atoms with Crippen molar-refractivity contribution in [3.05, 3.63) is 80.9 Å². The molecular formula is C17H14ClFN4O2S. The van der Waals surface area contributed by atoms with Crippen LogP contribution in [-0.4, -0.2) is 26.2 Å². The minimum Gasteiger partial charge on any atom is -0.274 e. The Labute approximate surface area is 158 Å². The first-order valence-corrected chi connectivity index (χ1v) is 8.91. The number of hydrogen-bond donors (Lipinski definition) is 0. The van der Waals surface area contributed by atoms with E-state index in [9.17, 15) is 14.5 Å². The van der Waals surface area contributed by atoms with Crippen LogP contribution >= 0.6 is 23.4 Å². The van der Waals surface area contributed by atoms with E-state index in [0.717, 1.165) is 5.69 Å². The van der Waals surface area contributed by atoms with E-state index >= 15 is 0 Å². The maximum absolute atomic E-state index is 13.2. The predicted octanol–water partition coefficient (Wildman–Crippen LogP) is 4.48. The Morgan fingerprint density at radius 3 is 2.46 bits per heavy atom. The summed E-state index contributed by atoms with van der Waals surface area (Å²) in [5, 5.41) is 19.9. The molecule has 2 aromatic carbocycles. The van der Waals surface area contributed by atoms with Crippen LogP contribution in [0.3, 0.4) is 0 Å². The number of aryl methyl sites for hydroxylation is 1. The number of nitrogens with zero attached hydrogens (tertiary/aromatic N) is 4. The largest absolute Gasteiger partial charge is 0.274 e. The fourth-order valence-corrected chi connectivity index (χ4v) is 3.76. The molecule has 1 atom stereocenters. The first kappa shape index (κ1) is 18.3. The molecule has 9 heteroatoms. The van der Waals surface area contributed by atoms with Crippen molar-refractivity contribution < 1.29 is 9.31 Å². The van der Waals surface area contributed by atoms with E-state index in [0.29, 0.717) is 21.6 Å². The number of nitro groups is 1. The number of halogens is 2. The lowest BCUT2D eigenvalue weighted by atomic mass is 10.1. The number of rotatable bonds is 6. The highest BCUT2D eigenvalue weighted by atomic mass is 35.5. The van der Waals surface area contributed by atoms with Gasteiger partial charge < -0.3 is 0 Å². The van der Waals surface area contributed by atoms with Gasteiger partial charge in [0.2, 0.25) is 6.54 Å². The summed E-state index contributed by atoms with van der Waals surface area (Å²) in [5.41, 5.74) is 1.45. The Hall–Kier alpha value is -2.45. The number of thioether (sulfide) groups is 1. The average Bonchev–Trinajstić information content (AvgIpc) is 2.96. The van der Waals surface area contributed by atoms with Gasteiger partial charge >= 0.3 is 0 Å².